The maximum absolute atomic E-state index is 2.52. The molecule has 0 radical (unpaired) electrons. The van der Waals surface area contributed by atoms with Gasteiger partial charge in [-0.2, -0.15) is 0 Å². The van der Waals surface area contributed by atoms with E-state index < -0.39 is 0 Å². The van der Waals surface area contributed by atoms with Crippen molar-refractivity contribution in [2.75, 3.05) is 0 Å². The van der Waals surface area contributed by atoms with E-state index in [1.165, 1.54) is 38.5 Å². The predicted molar refractivity (Wildman–Crippen MR) is 78.1 cm³/mol. The third-order valence-corrected chi connectivity index (χ3v) is 5.54. The molecule has 0 amide bonds. The van der Waals surface area contributed by atoms with E-state index in [2.05, 4.69) is 41.5 Å². The lowest BCUT2D eigenvalue weighted by Crippen LogP contribution is -2.32. The summed E-state index contributed by atoms with van der Waals surface area (Å²) in [4.78, 5) is 0. The van der Waals surface area contributed by atoms with Gasteiger partial charge in [-0.25, -0.2) is 0 Å². The molecule has 0 bridgehead atoms. The number of hydrogen-bond donors (Lipinski definition) is 0. The maximum Gasteiger partial charge on any atom is -0.0323 e. The first-order chi connectivity index (χ1) is 7.94. The number of hydrogen-bond acceptors (Lipinski definition) is 0. The molecule has 1 rings (SSSR count). The van der Waals surface area contributed by atoms with Crippen LogP contribution in [0.25, 0.3) is 0 Å². The molecule has 1 fully saturated rings. The fourth-order valence-electron chi connectivity index (χ4n) is 4.30. The third kappa shape index (κ3) is 3.48. The molecule has 0 heterocycles. The Kier molecular flexibility index (Phi) is 5.54. The van der Waals surface area contributed by atoms with Gasteiger partial charge in [0.2, 0.25) is 0 Å². The minimum Gasteiger partial charge on any atom is -0.0654 e. The van der Waals surface area contributed by atoms with Gasteiger partial charge in [0.25, 0.3) is 0 Å². The zero-order chi connectivity index (χ0) is 13.1. The minimum atomic E-state index is 0.549. The second-order valence-corrected chi connectivity index (χ2v) is 7.21. The molecule has 0 aromatic carbocycles. The van der Waals surface area contributed by atoms with Crippen molar-refractivity contribution in [1.82, 2.24) is 0 Å². The SMILES string of the molecule is CCCC(C1CCC(C)C1C)C(C)(C)CCC. The smallest absolute Gasteiger partial charge is 0.0323 e. The van der Waals surface area contributed by atoms with Gasteiger partial charge in [0, 0.05) is 0 Å². The summed E-state index contributed by atoms with van der Waals surface area (Å²) in [7, 11) is 0. The monoisotopic (exact) mass is 238 g/mol. The lowest BCUT2D eigenvalue weighted by Gasteiger charge is -2.40. The summed E-state index contributed by atoms with van der Waals surface area (Å²) in [5, 5.41) is 0. The molecule has 1 aliphatic rings. The molecule has 0 spiro atoms. The van der Waals surface area contributed by atoms with E-state index in [0.717, 1.165) is 23.7 Å². The molecule has 0 aromatic heterocycles. The molecule has 17 heavy (non-hydrogen) atoms. The Bertz CT molecular complexity index is 216. The zero-order valence-corrected chi connectivity index (χ0v) is 13.1. The lowest BCUT2D eigenvalue weighted by molar-refractivity contribution is 0.0892. The van der Waals surface area contributed by atoms with Crippen molar-refractivity contribution in [3.8, 4) is 0 Å². The zero-order valence-electron chi connectivity index (χ0n) is 13.1. The standard InChI is InChI=1S/C17H34/c1-7-9-16(17(5,6)12-8-2)15-11-10-13(3)14(15)4/h13-16H,7-12H2,1-6H3. The fourth-order valence-corrected chi connectivity index (χ4v) is 4.30. The molecule has 0 nitrogen and oxygen atoms in total. The van der Waals surface area contributed by atoms with Crippen molar-refractivity contribution in [2.45, 2.75) is 80.1 Å². The van der Waals surface area contributed by atoms with Crippen molar-refractivity contribution in [3.63, 3.8) is 0 Å². The van der Waals surface area contributed by atoms with E-state index in [1.54, 1.807) is 0 Å². The highest BCUT2D eigenvalue weighted by Gasteiger charge is 2.41. The van der Waals surface area contributed by atoms with E-state index in [-0.39, 0.29) is 0 Å². The summed E-state index contributed by atoms with van der Waals surface area (Å²) in [6, 6.07) is 0. The molecule has 0 N–H and O–H groups in total. The molecule has 4 atom stereocenters. The highest BCUT2D eigenvalue weighted by molar-refractivity contribution is 4.90. The van der Waals surface area contributed by atoms with Crippen LogP contribution < -0.4 is 0 Å². The van der Waals surface area contributed by atoms with Gasteiger partial charge in [0.15, 0.2) is 0 Å². The average Bonchev–Trinajstić information content (AvgIpc) is 2.56. The van der Waals surface area contributed by atoms with Gasteiger partial charge in [-0.15, -0.1) is 0 Å². The lowest BCUT2D eigenvalue weighted by atomic mass is 9.65. The quantitative estimate of drug-likeness (QED) is 0.539. The average molecular weight is 238 g/mol. The summed E-state index contributed by atoms with van der Waals surface area (Å²) >= 11 is 0. The summed E-state index contributed by atoms with van der Waals surface area (Å²) in [5.74, 6) is 3.85. The van der Waals surface area contributed by atoms with Gasteiger partial charge in [0.1, 0.15) is 0 Å². The molecule has 1 saturated carbocycles. The Morgan fingerprint density at radius 3 is 2.12 bits per heavy atom. The first-order valence-electron chi connectivity index (χ1n) is 7.94. The topological polar surface area (TPSA) is 0 Å². The van der Waals surface area contributed by atoms with Crippen LogP contribution in [0.5, 0.6) is 0 Å². The summed E-state index contributed by atoms with van der Waals surface area (Å²) in [6.07, 6.45) is 8.48. The Morgan fingerprint density at radius 1 is 1.06 bits per heavy atom. The van der Waals surface area contributed by atoms with Crippen LogP contribution in [0.1, 0.15) is 80.1 Å². The van der Waals surface area contributed by atoms with Crippen molar-refractivity contribution < 1.29 is 0 Å². The largest absolute Gasteiger partial charge is 0.0654 e. The molecule has 0 saturated heterocycles. The first kappa shape index (κ1) is 15.1. The Hall–Kier alpha value is 0. The van der Waals surface area contributed by atoms with Crippen molar-refractivity contribution >= 4 is 0 Å². The highest BCUT2D eigenvalue weighted by Crippen LogP contribution is 2.49. The molecule has 0 aliphatic heterocycles. The van der Waals surface area contributed by atoms with Gasteiger partial charge in [-0.05, 0) is 48.3 Å². The Morgan fingerprint density at radius 2 is 1.71 bits per heavy atom. The Balaban J connectivity index is 2.78. The molecular weight excluding hydrogens is 204 g/mol. The van der Waals surface area contributed by atoms with E-state index in [4.69, 9.17) is 0 Å². The van der Waals surface area contributed by atoms with Gasteiger partial charge in [-0.1, -0.05) is 60.8 Å². The van der Waals surface area contributed by atoms with Gasteiger partial charge in [0.05, 0.1) is 0 Å². The highest BCUT2D eigenvalue weighted by atomic mass is 14.5. The van der Waals surface area contributed by atoms with E-state index >= 15 is 0 Å². The fraction of sp³-hybridized carbons (Fsp3) is 1.00. The summed E-state index contributed by atoms with van der Waals surface area (Å²) < 4.78 is 0. The van der Waals surface area contributed by atoms with Crippen LogP contribution in [0.2, 0.25) is 0 Å². The molecular formula is C17H34. The number of rotatable bonds is 6. The minimum absolute atomic E-state index is 0.549. The van der Waals surface area contributed by atoms with Gasteiger partial charge < -0.3 is 0 Å². The van der Waals surface area contributed by atoms with E-state index in [9.17, 15) is 0 Å². The van der Waals surface area contributed by atoms with Crippen molar-refractivity contribution in [1.29, 1.82) is 0 Å². The molecule has 0 aromatic rings. The van der Waals surface area contributed by atoms with E-state index in [0.29, 0.717) is 5.41 Å². The van der Waals surface area contributed by atoms with Crippen molar-refractivity contribution in [2.24, 2.45) is 29.1 Å². The summed E-state index contributed by atoms with van der Waals surface area (Å²) in [5.41, 5.74) is 0.549. The maximum atomic E-state index is 2.52. The molecule has 0 heteroatoms. The normalized spacial score (nSPS) is 31.8. The Labute approximate surface area is 110 Å². The van der Waals surface area contributed by atoms with Crippen molar-refractivity contribution in [3.05, 3.63) is 0 Å². The van der Waals surface area contributed by atoms with Crippen LogP contribution in [0, 0.1) is 29.1 Å². The van der Waals surface area contributed by atoms with E-state index in [1.807, 2.05) is 0 Å². The van der Waals surface area contributed by atoms with Crippen LogP contribution in [0.15, 0.2) is 0 Å². The van der Waals surface area contributed by atoms with Crippen LogP contribution >= 0.6 is 0 Å². The van der Waals surface area contributed by atoms with Crippen LogP contribution in [-0.2, 0) is 0 Å². The van der Waals surface area contributed by atoms with Gasteiger partial charge in [-0.3, -0.25) is 0 Å². The first-order valence-corrected chi connectivity index (χ1v) is 7.94. The van der Waals surface area contributed by atoms with Crippen LogP contribution in [-0.4, -0.2) is 0 Å². The summed E-state index contributed by atoms with van der Waals surface area (Å²) in [6.45, 7) is 14.7. The van der Waals surface area contributed by atoms with Gasteiger partial charge >= 0.3 is 0 Å². The molecule has 1 aliphatic carbocycles. The van der Waals surface area contributed by atoms with Crippen LogP contribution in [0.4, 0.5) is 0 Å². The molecule has 4 unspecified atom stereocenters. The second kappa shape index (κ2) is 6.25. The second-order valence-electron chi connectivity index (χ2n) is 7.21. The molecule has 102 valence electrons. The predicted octanol–water partition coefficient (Wildman–Crippen LogP) is 5.91. The van der Waals surface area contributed by atoms with Crippen LogP contribution in [0.3, 0.4) is 0 Å². The third-order valence-electron chi connectivity index (χ3n) is 5.54.